The Hall–Kier alpha value is -3.86. The van der Waals surface area contributed by atoms with Crippen LogP contribution in [0.5, 0.6) is 5.75 Å². The van der Waals surface area contributed by atoms with Crippen LogP contribution in [-0.4, -0.2) is 18.4 Å². The van der Waals surface area contributed by atoms with Crippen molar-refractivity contribution in [2.45, 2.75) is 0 Å². The van der Waals surface area contributed by atoms with Gasteiger partial charge in [-0.1, -0.05) is 29.3 Å². The molecule has 0 aliphatic carbocycles. The van der Waals surface area contributed by atoms with Crippen LogP contribution >= 0.6 is 23.2 Å². The van der Waals surface area contributed by atoms with Crippen LogP contribution in [0.15, 0.2) is 72.3 Å². The maximum atomic E-state index is 13.0. The number of halogens is 3. The number of carbonyl (C=O) groups excluding carboxylic acids is 2. The number of anilines is 2. The molecule has 0 spiro atoms. The number of rotatable bonds is 7. The van der Waals surface area contributed by atoms with E-state index in [9.17, 15) is 19.2 Å². The lowest BCUT2D eigenvalue weighted by atomic mass is 10.1. The lowest BCUT2D eigenvalue weighted by Gasteiger charge is -2.11. The zero-order valence-corrected chi connectivity index (χ0v) is 18.5. The van der Waals surface area contributed by atoms with E-state index in [1.807, 2.05) is 6.07 Å². The quantitative estimate of drug-likeness (QED) is 0.333. The minimum Gasteiger partial charge on any atom is -0.483 e. The Bertz CT molecular complexity index is 1250. The van der Waals surface area contributed by atoms with Crippen molar-refractivity contribution in [1.82, 2.24) is 0 Å². The number of hydrogen-bond donors (Lipinski definition) is 2. The van der Waals surface area contributed by atoms with Gasteiger partial charge in [-0.05, 0) is 66.7 Å². The molecule has 0 saturated heterocycles. The van der Waals surface area contributed by atoms with Crippen LogP contribution < -0.4 is 15.4 Å². The van der Waals surface area contributed by atoms with E-state index >= 15 is 0 Å². The fourth-order valence-corrected chi connectivity index (χ4v) is 3.08. The highest BCUT2D eigenvalue weighted by Gasteiger charge is 2.13. The molecule has 0 unspecified atom stereocenters. The van der Waals surface area contributed by atoms with Crippen LogP contribution in [0, 0.1) is 17.1 Å². The van der Waals surface area contributed by atoms with E-state index in [1.165, 1.54) is 42.5 Å². The van der Waals surface area contributed by atoms with Crippen LogP contribution in [0.25, 0.3) is 6.08 Å². The molecule has 3 rings (SSSR count). The number of nitriles is 1. The third-order valence-electron chi connectivity index (χ3n) is 4.21. The molecule has 0 saturated carbocycles. The standard InChI is InChI=1S/C24H16Cl2FN3O3/c25-17-2-1-3-21(12-17)30-24(32)16(13-28)10-15-11-18(26)4-9-22(15)33-14-23(31)29-20-7-5-19(27)6-8-20/h1-12H,14H2,(H,29,31)(H,30,32)/b16-10-. The summed E-state index contributed by atoms with van der Waals surface area (Å²) < 4.78 is 18.6. The van der Waals surface area contributed by atoms with Crippen LogP contribution in [0.4, 0.5) is 15.8 Å². The third-order valence-corrected chi connectivity index (χ3v) is 4.68. The molecule has 0 aliphatic heterocycles. The van der Waals surface area contributed by atoms with E-state index in [4.69, 9.17) is 27.9 Å². The van der Waals surface area contributed by atoms with Crippen LogP contribution in [0.2, 0.25) is 10.0 Å². The van der Waals surface area contributed by atoms with E-state index in [0.29, 0.717) is 27.0 Å². The average Bonchev–Trinajstić information content (AvgIpc) is 2.78. The van der Waals surface area contributed by atoms with E-state index < -0.39 is 17.6 Å². The van der Waals surface area contributed by atoms with Crippen molar-refractivity contribution in [2.24, 2.45) is 0 Å². The number of benzene rings is 3. The highest BCUT2D eigenvalue weighted by Crippen LogP contribution is 2.26. The maximum Gasteiger partial charge on any atom is 0.266 e. The Kier molecular flexibility index (Phi) is 8.03. The molecule has 0 aromatic heterocycles. The van der Waals surface area contributed by atoms with Gasteiger partial charge in [-0.2, -0.15) is 5.26 Å². The van der Waals surface area contributed by atoms with Crippen molar-refractivity contribution in [3.05, 3.63) is 93.7 Å². The minimum absolute atomic E-state index is 0.210. The predicted molar refractivity (Wildman–Crippen MR) is 126 cm³/mol. The molecule has 166 valence electrons. The molecule has 2 amide bonds. The van der Waals surface area contributed by atoms with Crippen molar-refractivity contribution >= 4 is 52.5 Å². The molecule has 0 radical (unpaired) electrons. The normalized spacial score (nSPS) is 10.8. The van der Waals surface area contributed by atoms with Crippen molar-refractivity contribution in [3.63, 3.8) is 0 Å². The van der Waals surface area contributed by atoms with Gasteiger partial charge in [-0.3, -0.25) is 9.59 Å². The summed E-state index contributed by atoms with van der Waals surface area (Å²) in [5, 5.41) is 15.4. The molecule has 9 heteroatoms. The first kappa shape index (κ1) is 23.8. The molecular formula is C24H16Cl2FN3O3. The summed E-state index contributed by atoms with van der Waals surface area (Å²) in [5.41, 5.74) is 0.951. The second-order valence-corrected chi connectivity index (χ2v) is 7.53. The first-order valence-electron chi connectivity index (χ1n) is 9.50. The summed E-state index contributed by atoms with van der Waals surface area (Å²) >= 11 is 12.0. The van der Waals surface area contributed by atoms with Gasteiger partial charge in [-0.15, -0.1) is 0 Å². The zero-order valence-electron chi connectivity index (χ0n) is 16.9. The van der Waals surface area contributed by atoms with Gasteiger partial charge in [0, 0.05) is 27.0 Å². The Morgan fingerprint density at radius 1 is 0.970 bits per heavy atom. The SMILES string of the molecule is N#C/C(=C/c1cc(Cl)ccc1OCC(=O)Nc1ccc(F)cc1)C(=O)Nc1cccc(Cl)c1. The van der Waals surface area contributed by atoms with Crippen molar-refractivity contribution in [3.8, 4) is 11.8 Å². The second-order valence-electron chi connectivity index (χ2n) is 6.66. The Morgan fingerprint density at radius 2 is 1.70 bits per heavy atom. The van der Waals surface area contributed by atoms with Crippen molar-refractivity contribution < 1.29 is 18.7 Å². The van der Waals surface area contributed by atoms with Crippen LogP contribution in [-0.2, 0) is 9.59 Å². The van der Waals surface area contributed by atoms with Gasteiger partial charge in [0.2, 0.25) is 0 Å². The largest absolute Gasteiger partial charge is 0.483 e. The maximum absolute atomic E-state index is 13.0. The predicted octanol–water partition coefficient (Wildman–Crippen LogP) is 5.70. The number of nitrogens with zero attached hydrogens (tertiary/aromatic N) is 1. The summed E-state index contributed by atoms with van der Waals surface area (Å²) in [5.74, 6) is -1.32. The molecule has 2 N–H and O–H groups in total. The number of nitrogens with one attached hydrogen (secondary N) is 2. The summed E-state index contributed by atoms with van der Waals surface area (Å²) in [6.45, 7) is -0.365. The van der Waals surface area contributed by atoms with E-state index in [1.54, 1.807) is 30.3 Å². The highest BCUT2D eigenvalue weighted by atomic mass is 35.5. The van der Waals surface area contributed by atoms with Gasteiger partial charge < -0.3 is 15.4 Å². The first-order chi connectivity index (χ1) is 15.8. The molecule has 0 atom stereocenters. The summed E-state index contributed by atoms with van der Waals surface area (Å²) in [6.07, 6.45) is 1.30. The van der Waals surface area contributed by atoms with Gasteiger partial charge in [0.15, 0.2) is 6.61 Å². The fourth-order valence-electron chi connectivity index (χ4n) is 2.71. The van der Waals surface area contributed by atoms with Crippen LogP contribution in [0.3, 0.4) is 0 Å². The van der Waals surface area contributed by atoms with E-state index in [2.05, 4.69) is 10.6 Å². The second kappa shape index (κ2) is 11.1. The first-order valence-corrected chi connectivity index (χ1v) is 10.3. The summed E-state index contributed by atoms with van der Waals surface area (Å²) in [6, 6.07) is 18.2. The van der Waals surface area contributed by atoms with Gasteiger partial charge in [0.1, 0.15) is 23.2 Å². The molecule has 0 heterocycles. The van der Waals surface area contributed by atoms with Gasteiger partial charge >= 0.3 is 0 Å². The number of hydrogen-bond acceptors (Lipinski definition) is 4. The Labute approximate surface area is 199 Å². The van der Waals surface area contributed by atoms with Gasteiger partial charge in [-0.25, -0.2) is 4.39 Å². The molecular weight excluding hydrogens is 468 g/mol. The van der Waals surface area contributed by atoms with E-state index in [-0.39, 0.29) is 17.9 Å². The number of carbonyl (C=O) groups is 2. The number of ether oxygens (including phenoxy) is 1. The smallest absolute Gasteiger partial charge is 0.266 e. The zero-order chi connectivity index (χ0) is 23.8. The molecule has 0 aliphatic rings. The Morgan fingerprint density at radius 3 is 2.39 bits per heavy atom. The van der Waals surface area contributed by atoms with E-state index in [0.717, 1.165) is 0 Å². The minimum atomic E-state index is -0.653. The third kappa shape index (κ3) is 7.07. The molecule has 3 aromatic carbocycles. The Balaban J connectivity index is 1.74. The average molecular weight is 484 g/mol. The molecule has 3 aromatic rings. The monoisotopic (exact) mass is 483 g/mol. The van der Waals surface area contributed by atoms with Gasteiger partial charge in [0.25, 0.3) is 11.8 Å². The number of amides is 2. The molecule has 0 bridgehead atoms. The van der Waals surface area contributed by atoms with Crippen molar-refractivity contribution in [1.29, 1.82) is 5.26 Å². The van der Waals surface area contributed by atoms with Gasteiger partial charge in [0.05, 0.1) is 0 Å². The summed E-state index contributed by atoms with van der Waals surface area (Å²) in [7, 11) is 0. The lowest BCUT2D eigenvalue weighted by molar-refractivity contribution is -0.118. The van der Waals surface area contributed by atoms with Crippen molar-refractivity contribution in [2.75, 3.05) is 17.2 Å². The topological polar surface area (TPSA) is 91.2 Å². The fraction of sp³-hybridized carbons (Fsp3) is 0.0417. The lowest BCUT2D eigenvalue weighted by Crippen LogP contribution is -2.20. The van der Waals surface area contributed by atoms with Crippen LogP contribution in [0.1, 0.15) is 5.56 Å². The molecule has 33 heavy (non-hydrogen) atoms. The summed E-state index contributed by atoms with van der Waals surface area (Å²) in [4.78, 5) is 24.7. The molecule has 6 nitrogen and oxygen atoms in total. The molecule has 0 fully saturated rings. The highest BCUT2D eigenvalue weighted by molar-refractivity contribution is 6.31.